The van der Waals surface area contributed by atoms with Gasteiger partial charge in [0.05, 0.1) is 11.9 Å². The molecule has 3 aromatic heterocycles. The van der Waals surface area contributed by atoms with Crippen molar-refractivity contribution < 1.29 is 22.5 Å². The van der Waals surface area contributed by atoms with Crippen molar-refractivity contribution in [2.45, 2.75) is 24.7 Å². The zero-order valence-electron chi connectivity index (χ0n) is 15.3. The Morgan fingerprint density at radius 2 is 2.07 bits per heavy atom. The maximum absolute atomic E-state index is 14.3. The summed E-state index contributed by atoms with van der Waals surface area (Å²) >= 11 is 0. The number of aromatic nitrogens is 4. The summed E-state index contributed by atoms with van der Waals surface area (Å²) in [5, 5.41) is 6.32. The standard InChI is InChI=1S/C20H14F3N5O2/c21-13-5-4-11(17-26-19(30-27-17)12-8-20(22,23)9-12)7-14(13)25-18(29)15-10-24-16-3-1-2-6-28(15)16/h1-7,10,12H,8-9H2,(H,25,29). The first-order valence-corrected chi connectivity index (χ1v) is 9.14. The minimum atomic E-state index is -2.70. The number of carbonyl (C=O) groups excluding carboxylic acids is 1. The van der Waals surface area contributed by atoms with Gasteiger partial charge in [-0.25, -0.2) is 18.2 Å². The normalized spacial score (nSPS) is 15.8. The van der Waals surface area contributed by atoms with Gasteiger partial charge in [0.1, 0.15) is 17.2 Å². The number of amides is 1. The fraction of sp³-hybridized carbons (Fsp3) is 0.200. The van der Waals surface area contributed by atoms with Crippen molar-refractivity contribution in [1.82, 2.24) is 19.5 Å². The lowest BCUT2D eigenvalue weighted by Gasteiger charge is -2.31. The van der Waals surface area contributed by atoms with Gasteiger partial charge in [-0.1, -0.05) is 11.2 Å². The van der Waals surface area contributed by atoms with Gasteiger partial charge in [0.2, 0.25) is 17.6 Å². The van der Waals surface area contributed by atoms with Gasteiger partial charge in [-0.05, 0) is 30.3 Å². The van der Waals surface area contributed by atoms with Crippen LogP contribution in [0.4, 0.5) is 18.9 Å². The number of hydrogen-bond donors (Lipinski definition) is 1. The second-order valence-electron chi connectivity index (χ2n) is 7.14. The molecule has 1 saturated carbocycles. The molecule has 0 bridgehead atoms. The van der Waals surface area contributed by atoms with Crippen LogP contribution in [-0.2, 0) is 0 Å². The van der Waals surface area contributed by atoms with Gasteiger partial charge in [-0.15, -0.1) is 0 Å². The Labute approximate surface area is 167 Å². The molecule has 152 valence electrons. The summed E-state index contributed by atoms with van der Waals surface area (Å²) < 4.78 is 47.1. The molecule has 10 heteroatoms. The molecule has 1 aromatic carbocycles. The van der Waals surface area contributed by atoms with E-state index in [-0.39, 0.29) is 35.9 Å². The van der Waals surface area contributed by atoms with E-state index >= 15 is 0 Å². The van der Waals surface area contributed by atoms with Gasteiger partial charge in [-0.2, -0.15) is 4.98 Å². The zero-order chi connectivity index (χ0) is 20.9. The molecule has 1 aliphatic carbocycles. The molecule has 1 amide bonds. The third-order valence-electron chi connectivity index (χ3n) is 5.00. The maximum atomic E-state index is 14.3. The van der Waals surface area contributed by atoms with Gasteiger partial charge >= 0.3 is 0 Å². The number of alkyl halides is 2. The van der Waals surface area contributed by atoms with Crippen LogP contribution in [0.2, 0.25) is 0 Å². The number of benzene rings is 1. The number of nitrogens with zero attached hydrogens (tertiary/aromatic N) is 4. The Hall–Kier alpha value is -3.69. The van der Waals surface area contributed by atoms with E-state index in [1.807, 2.05) is 0 Å². The number of rotatable bonds is 4. The van der Waals surface area contributed by atoms with Crippen LogP contribution in [-0.4, -0.2) is 31.4 Å². The topological polar surface area (TPSA) is 85.3 Å². The van der Waals surface area contributed by atoms with Crippen LogP contribution in [0.15, 0.2) is 53.3 Å². The summed E-state index contributed by atoms with van der Waals surface area (Å²) in [5.41, 5.74) is 1.12. The van der Waals surface area contributed by atoms with Gasteiger partial charge < -0.3 is 9.84 Å². The Bertz CT molecular complexity index is 1260. The molecular weight excluding hydrogens is 399 g/mol. The van der Waals surface area contributed by atoms with E-state index in [9.17, 15) is 18.0 Å². The number of halogens is 3. The second-order valence-corrected chi connectivity index (χ2v) is 7.14. The summed E-state index contributed by atoms with van der Waals surface area (Å²) in [6.07, 6.45) is 2.40. The molecule has 0 spiro atoms. The van der Waals surface area contributed by atoms with Crippen LogP contribution in [0.25, 0.3) is 17.0 Å². The fourth-order valence-corrected chi connectivity index (χ4v) is 3.40. The molecule has 0 aliphatic heterocycles. The van der Waals surface area contributed by atoms with Crippen LogP contribution in [0.1, 0.15) is 35.1 Å². The first-order chi connectivity index (χ1) is 14.4. The number of imidazole rings is 1. The molecule has 30 heavy (non-hydrogen) atoms. The van der Waals surface area contributed by atoms with Crippen LogP contribution >= 0.6 is 0 Å². The Morgan fingerprint density at radius 3 is 2.87 bits per heavy atom. The van der Waals surface area contributed by atoms with Gasteiger partial charge in [0.15, 0.2) is 0 Å². The highest BCUT2D eigenvalue weighted by atomic mass is 19.3. The van der Waals surface area contributed by atoms with Crippen LogP contribution in [0.3, 0.4) is 0 Å². The quantitative estimate of drug-likeness (QED) is 0.540. The lowest BCUT2D eigenvalue weighted by Crippen LogP contribution is -2.33. The average Bonchev–Trinajstić information content (AvgIpc) is 3.35. The van der Waals surface area contributed by atoms with Crippen LogP contribution in [0, 0.1) is 5.82 Å². The smallest absolute Gasteiger partial charge is 0.274 e. The molecule has 1 aliphatic rings. The highest BCUT2D eigenvalue weighted by molar-refractivity contribution is 6.03. The lowest BCUT2D eigenvalue weighted by atomic mass is 9.81. The van der Waals surface area contributed by atoms with E-state index in [0.717, 1.165) is 6.07 Å². The Kier molecular flexibility index (Phi) is 4.09. The minimum Gasteiger partial charge on any atom is -0.339 e. The SMILES string of the molecule is O=C(Nc1cc(-c2noc(C3CC(F)(F)C3)n2)ccc1F)c1cnc2ccccn12. The lowest BCUT2D eigenvalue weighted by molar-refractivity contribution is -0.0925. The van der Waals surface area contributed by atoms with Gasteiger partial charge in [0, 0.05) is 30.5 Å². The van der Waals surface area contributed by atoms with Crippen LogP contribution < -0.4 is 5.32 Å². The van der Waals surface area contributed by atoms with Gasteiger partial charge in [0.25, 0.3) is 5.91 Å². The zero-order valence-corrected chi connectivity index (χ0v) is 15.3. The maximum Gasteiger partial charge on any atom is 0.274 e. The highest BCUT2D eigenvalue weighted by Gasteiger charge is 2.48. The largest absolute Gasteiger partial charge is 0.339 e. The summed E-state index contributed by atoms with van der Waals surface area (Å²) in [6.45, 7) is 0. The monoisotopic (exact) mass is 413 g/mol. The highest BCUT2D eigenvalue weighted by Crippen LogP contribution is 2.47. The summed E-state index contributed by atoms with van der Waals surface area (Å²) in [4.78, 5) is 20.9. The van der Waals surface area contributed by atoms with E-state index in [2.05, 4.69) is 20.4 Å². The number of hydrogen-bond acceptors (Lipinski definition) is 5. The predicted octanol–water partition coefficient (Wildman–Crippen LogP) is 4.29. The molecule has 0 saturated heterocycles. The first kappa shape index (κ1) is 18.3. The molecule has 0 unspecified atom stereocenters. The molecule has 4 aromatic rings. The Morgan fingerprint density at radius 1 is 1.23 bits per heavy atom. The van der Waals surface area contributed by atoms with Gasteiger partial charge in [-0.3, -0.25) is 9.20 Å². The van der Waals surface area contributed by atoms with Crippen molar-refractivity contribution in [1.29, 1.82) is 0 Å². The number of fused-ring (bicyclic) bond motifs is 1. The van der Waals surface area contributed by atoms with Crippen molar-refractivity contribution in [2.75, 3.05) is 5.32 Å². The minimum absolute atomic E-state index is 0.0788. The average molecular weight is 413 g/mol. The number of pyridine rings is 1. The van der Waals surface area contributed by atoms with Crippen molar-refractivity contribution in [3.05, 3.63) is 66.2 Å². The molecule has 1 N–H and O–H groups in total. The summed E-state index contributed by atoms with van der Waals surface area (Å²) in [6, 6.07) is 9.22. The first-order valence-electron chi connectivity index (χ1n) is 9.14. The third kappa shape index (κ3) is 3.19. The van der Waals surface area contributed by atoms with Crippen molar-refractivity contribution in [3.8, 4) is 11.4 Å². The van der Waals surface area contributed by atoms with Crippen molar-refractivity contribution >= 4 is 17.2 Å². The molecule has 3 heterocycles. The summed E-state index contributed by atoms with van der Waals surface area (Å²) in [7, 11) is 0. The van der Waals surface area contributed by atoms with E-state index in [0.29, 0.717) is 11.2 Å². The van der Waals surface area contributed by atoms with Crippen molar-refractivity contribution in [2.24, 2.45) is 0 Å². The van der Waals surface area contributed by atoms with Crippen molar-refractivity contribution in [3.63, 3.8) is 0 Å². The molecular formula is C20H14F3N5O2. The second kappa shape index (κ2) is 6.68. The van der Waals surface area contributed by atoms with E-state index < -0.39 is 23.6 Å². The fourth-order valence-electron chi connectivity index (χ4n) is 3.40. The van der Waals surface area contributed by atoms with Crippen LogP contribution in [0.5, 0.6) is 0 Å². The number of carbonyl (C=O) groups is 1. The van der Waals surface area contributed by atoms with E-state index in [1.165, 1.54) is 18.3 Å². The molecule has 7 nitrogen and oxygen atoms in total. The number of nitrogens with one attached hydrogen (secondary N) is 1. The number of anilines is 1. The third-order valence-corrected chi connectivity index (χ3v) is 5.00. The van der Waals surface area contributed by atoms with E-state index in [1.54, 1.807) is 28.8 Å². The molecule has 0 atom stereocenters. The summed E-state index contributed by atoms with van der Waals surface area (Å²) in [5.74, 6) is -4.14. The van der Waals surface area contributed by atoms with E-state index in [4.69, 9.17) is 4.52 Å². The molecule has 0 radical (unpaired) electrons. The predicted molar refractivity (Wildman–Crippen MR) is 99.8 cm³/mol. The molecule has 5 rings (SSSR count). The Balaban J connectivity index is 1.39. The molecule has 1 fully saturated rings.